The van der Waals surface area contributed by atoms with Gasteiger partial charge in [-0.15, -0.1) is 0 Å². The molecular formula is C14H14ClN5. The summed E-state index contributed by atoms with van der Waals surface area (Å²) in [5.74, 6) is 1.47. The Balaban J connectivity index is 2.31. The number of nitriles is 1. The Hall–Kier alpha value is -2.32. The minimum atomic E-state index is 0.479. The van der Waals surface area contributed by atoms with E-state index in [0.29, 0.717) is 22.1 Å². The molecule has 0 bridgehead atoms. The summed E-state index contributed by atoms with van der Waals surface area (Å²) >= 11 is 6.14. The van der Waals surface area contributed by atoms with Crippen LogP contribution in [0.15, 0.2) is 24.5 Å². The van der Waals surface area contributed by atoms with Crippen molar-refractivity contribution in [3.63, 3.8) is 0 Å². The molecule has 0 unspecified atom stereocenters. The topological polar surface area (TPSA) is 73.6 Å². The second-order valence-corrected chi connectivity index (χ2v) is 4.56. The summed E-state index contributed by atoms with van der Waals surface area (Å²) < 4.78 is 0. The second-order valence-electron chi connectivity index (χ2n) is 4.16. The lowest BCUT2D eigenvalue weighted by Gasteiger charge is -2.12. The van der Waals surface area contributed by atoms with Gasteiger partial charge in [0.05, 0.1) is 22.3 Å². The maximum atomic E-state index is 8.82. The largest absolute Gasteiger partial charge is 0.370 e. The Labute approximate surface area is 122 Å². The van der Waals surface area contributed by atoms with Gasteiger partial charge in [-0.2, -0.15) is 5.26 Å². The summed E-state index contributed by atoms with van der Waals surface area (Å²) in [5.41, 5.74) is 2.14. The first-order chi connectivity index (χ1) is 9.65. The lowest BCUT2D eigenvalue weighted by atomic mass is 10.2. The zero-order chi connectivity index (χ0) is 14.5. The SMILES string of the molecule is CCNc1ncnc(Nc2ccc(C#N)cc2Cl)c1C. The van der Waals surface area contributed by atoms with E-state index in [1.165, 1.54) is 6.33 Å². The average Bonchev–Trinajstić information content (AvgIpc) is 2.45. The van der Waals surface area contributed by atoms with E-state index < -0.39 is 0 Å². The molecular weight excluding hydrogens is 274 g/mol. The predicted molar refractivity (Wildman–Crippen MR) is 80.4 cm³/mol. The van der Waals surface area contributed by atoms with Crippen LogP contribution in [0, 0.1) is 18.3 Å². The molecule has 0 saturated carbocycles. The molecule has 2 aromatic rings. The van der Waals surface area contributed by atoms with Crippen molar-refractivity contribution in [1.82, 2.24) is 9.97 Å². The highest BCUT2D eigenvalue weighted by atomic mass is 35.5. The summed E-state index contributed by atoms with van der Waals surface area (Å²) in [4.78, 5) is 8.40. The van der Waals surface area contributed by atoms with Crippen molar-refractivity contribution >= 4 is 28.9 Å². The number of benzene rings is 1. The van der Waals surface area contributed by atoms with Crippen LogP contribution in [0.5, 0.6) is 0 Å². The van der Waals surface area contributed by atoms with Gasteiger partial charge >= 0.3 is 0 Å². The quantitative estimate of drug-likeness (QED) is 0.900. The van der Waals surface area contributed by atoms with Crippen LogP contribution in [0.2, 0.25) is 5.02 Å². The highest BCUT2D eigenvalue weighted by molar-refractivity contribution is 6.33. The molecule has 0 fully saturated rings. The average molecular weight is 288 g/mol. The predicted octanol–water partition coefficient (Wildman–Crippen LogP) is 3.49. The fourth-order valence-electron chi connectivity index (χ4n) is 1.74. The van der Waals surface area contributed by atoms with Gasteiger partial charge in [0.15, 0.2) is 0 Å². The van der Waals surface area contributed by atoms with Crippen LogP contribution in [0.25, 0.3) is 0 Å². The zero-order valence-corrected chi connectivity index (χ0v) is 12.0. The minimum absolute atomic E-state index is 0.479. The minimum Gasteiger partial charge on any atom is -0.370 e. The number of halogens is 1. The molecule has 1 heterocycles. The lowest BCUT2D eigenvalue weighted by molar-refractivity contribution is 1.08. The monoisotopic (exact) mass is 287 g/mol. The van der Waals surface area contributed by atoms with E-state index in [4.69, 9.17) is 16.9 Å². The molecule has 2 N–H and O–H groups in total. The Morgan fingerprint density at radius 3 is 2.70 bits per heavy atom. The van der Waals surface area contributed by atoms with Crippen LogP contribution in [0.4, 0.5) is 17.3 Å². The van der Waals surface area contributed by atoms with E-state index in [-0.39, 0.29) is 0 Å². The standard InChI is InChI=1S/C14H14ClN5/c1-3-17-13-9(2)14(19-8-18-13)20-12-5-4-10(7-16)6-11(12)15/h4-6,8H,3H2,1-2H3,(H2,17,18,19,20). The van der Waals surface area contributed by atoms with E-state index >= 15 is 0 Å². The lowest BCUT2D eigenvalue weighted by Crippen LogP contribution is -2.05. The van der Waals surface area contributed by atoms with Gasteiger partial charge in [0, 0.05) is 12.1 Å². The Bertz CT molecular complexity index is 663. The van der Waals surface area contributed by atoms with Crippen molar-refractivity contribution in [3.05, 3.63) is 40.7 Å². The van der Waals surface area contributed by atoms with Crippen molar-refractivity contribution in [2.24, 2.45) is 0 Å². The third kappa shape index (κ3) is 2.98. The molecule has 6 heteroatoms. The van der Waals surface area contributed by atoms with Crippen LogP contribution >= 0.6 is 11.6 Å². The van der Waals surface area contributed by atoms with Gasteiger partial charge in [-0.05, 0) is 32.0 Å². The molecule has 102 valence electrons. The van der Waals surface area contributed by atoms with Gasteiger partial charge in [0.2, 0.25) is 0 Å². The second kappa shape index (κ2) is 6.22. The van der Waals surface area contributed by atoms with Crippen LogP contribution < -0.4 is 10.6 Å². The molecule has 0 saturated heterocycles. The fraction of sp³-hybridized carbons (Fsp3) is 0.214. The van der Waals surface area contributed by atoms with Crippen LogP contribution in [-0.2, 0) is 0 Å². The fourth-order valence-corrected chi connectivity index (χ4v) is 1.96. The summed E-state index contributed by atoms with van der Waals surface area (Å²) in [6.07, 6.45) is 1.49. The molecule has 1 aromatic carbocycles. The normalized spacial score (nSPS) is 9.90. The summed E-state index contributed by atoms with van der Waals surface area (Å²) in [7, 11) is 0. The highest BCUT2D eigenvalue weighted by Crippen LogP contribution is 2.28. The van der Waals surface area contributed by atoms with Gasteiger partial charge in [-0.1, -0.05) is 11.6 Å². The first-order valence-electron chi connectivity index (χ1n) is 6.17. The van der Waals surface area contributed by atoms with Crippen molar-refractivity contribution in [1.29, 1.82) is 5.26 Å². The first-order valence-corrected chi connectivity index (χ1v) is 6.55. The van der Waals surface area contributed by atoms with Gasteiger partial charge in [-0.25, -0.2) is 9.97 Å². The molecule has 0 amide bonds. The van der Waals surface area contributed by atoms with E-state index in [0.717, 1.165) is 17.9 Å². The number of aromatic nitrogens is 2. The van der Waals surface area contributed by atoms with E-state index in [2.05, 4.69) is 20.6 Å². The van der Waals surface area contributed by atoms with E-state index in [9.17, 15) is 0 Å². The number of hydrogen-bond donors (Lipinski definition) is 2. The van der Waals surface area contributed by atoms with E-state index in [1.807, 2.05) is 19.9 Å². The number of nitrogens with zero attached hydrogens (tertiary/aromatic N) is 3. The Morgan fingerprint density at radius 2 is 2.05 bits per heavy atom. The van der Waals surface area contributed by atoms with Crippen molar-refractivity contribution in [2.75, 3.05) is 17.2 Å². The number of hydrogen-bond acceptors (Lipinski definition) is 5. The third-order valence-corrected chi connectivity index (χ3v) is 3.09. The van der Waals surface area contributed by atoms with Gasteiger partial charge in [0.1, 0.15) is 18.0 Å². The van der Waals surface area contributed by atoms with Crippen LogP contribution in [0.1, 0.15) is 18.1 Å². The molecule has 2 rings (SSSR count). The molecule has 0 aliphatic carbocycles. The Morgan fingerprint density at radius 1 is 1.30 bits per heavy atom. The zero-order valence-electron chi connectivity index (χ0n) is 11.2. The molecule has 0 radical (unpaired) electrons. The van der Waals surface area contributed by atoms with Crippen molar-refractivity contribution in [3.8, 4) is 6.07 Å². The maximum absolute atomic E-state index is 8.82. The number of rotatable bonds is 4. The first kappa shape index (κ1) is 14.1. The summed E-state index contributed by atoms with van der Waals surface area (Å²) in [5, 5.41) is 15.6. The highest BCUT2D eigenvalue weighted by Gasteiger charge is 2.08. The van der Waals surface area contributed by atoms with Crippen LogP contribution in [-0.4, -0.2) is 16.5 Å². The molecule has 5 nitrogen and oxygen atoms in total. The maximum Gasteiger partial charge on any atom is 0.138 e. The van der Waals surface area contributed by atoms with Crippen molar-refractivity contribution < 1.29 is 0 Å². The van der Waals surface area contributed by atoms with Crippen LogP contribution in [0.3, 0.4) is 0 Å². The van der Waals surface area contributed by atoms with Gasteiger partial charge in [0.25, 0.3) is 0 Å². The molecule has 20 heavy (non-hydrogen) atoms. The van der Waals surface area contributed by atoms with Gasteiger partial charge < -0.3 is 10.6 Å². The van der Waals surface area contributed by atoms with Crippen molar-refractivity contribution in [2.45, 2.75) is 13.8 Å². The number of nitrogens with one attached hydrogen (secondary N) is 2. The molecule has 0 aliphatic heterocycles. The molecule has 0 aliphatic rings. The molecule has 1 aromatic heterocycles. The third-order valence-electron chi connectivity index (χ3n) is 2.78. The summed E-state index contributed by atoms with van der Waals surface area (Å²) in [6.45, 7) is 4.72. The smallest absolute Gasteiger partial charge is 0.138 e. The Kier molecular flexibility index (Phi) is 4.38. The van der Waals surface area contributed by atoms with Gasteiger partial charge in [-0.3, -0.25) is 0 Å². The van der Waals surface area contributed by atoms with E-state index in [1.54, 1.807) is 18.2 Å². The molecule has 0 atom stereocenters. The molecule has 0 spiro atoms. The summed E-state index contributed by atoms with van der Waals surface area (Å²) in [6, 6.07) is 7.13. The number of anilines is 3.